The summed E-state index contributed by atoms with van der Waals surface area (Å²) < 4.78 is 0. The SMILES string of the molecule is Nc1cncc(NCCC(=O)N2CCCC2)c1. The van der Waals surface area contributed by atoms with Crippen molar-refractivity contribution < 1.29 is 4.79 Å². The normalized spacial score (nSPS) is 14.9. The summed E-state index contributed by atoms with van der Waals surface area (Å²) in [7, 11) is 0. The van der Waals surface area contributed by atoms with E-state index in [0.717, 1.165) is 31.6 Å². The lowest BCUT2D eigenvalue weighted by atomic mass is 10.3. The van der Waals surface area contributed by atoms with Gasteiger partial charge in [-0.3, -0.25) is 9.78 Å². The number of likely N-dealkylation sites (tertiary alicyclic amines) is 1. The predicted molar refractivity (Wildman–Crippen MR) is 67.6 cm³/mol. The van der Waals surface area contributed by atoms with Gasteiger partial charge in [-0.1, -0.05) is 0 Å². The topological polar surface area (TPSA) is 71.2 Å². The zero-order valence-corrected chi connectivity index (χ0v) is 9.85. The molecule has 0 aromatic carbocycles. The lowest BCUT2D eigenvalue weighted by Crippen LogP contribution is -2.29. The van der Waals surface area contributed by atoms with Crippen molar-refractivity contribution in [1.29, 1.82) is 0 Å². The van der Waals surface area contributed by atoms with Crippen LogP contribution in [0.2, 0.25) is 0 Å². The highest BCUT2D eigenvalue weighted by Crippen LogP contribution is 2.11. The zero-order chi connectivity index (χ0) is 12.1. The molecule has 0 radical (unpaired) electrons. The van der Waals surface area contributed by atoms with Gasteiger partial charge in [-0.05, 0) is 18.9 Å². The number of anilines is 2. The van der Waals surface area contributed by atoms with E-state index in [9.17, 15) is 4.79 Å². The van der Waals surface area contributed by atoms with Crippen LogP contribution in [0.15, 0.2) is 18.5 Å². The monoisotopic (exact) mass is 234 g/mol. The van der Waals surface area contributed by atoms with Crippen LogP contribution < -0.4 is 11.1 Å². The lowest BCUT2D eigenvalue weighted by Gasteiger charge is -2.15. The quantitative estimate of drug-likeness (QED) is 0.818. The Hall–Kier alpha value is -1.78. The number of hydrogen-bond acceptors (Lipinski definition) is 4. The Morgan fingerprint density at radius 2 is 2.18 bits per heavy atom. The molecule has 1 fully saturated rings. The first kappa shape index (κ1) is 11.7. The van der Waals surface area contributed by atoms with E-state index >= 15 is 0 Å². The molecule has 17 heavy (non-hydrogen) atoms. The second-order valence-corrected chi connectivity index (χ2v) is 4.27. The Balaban J connectivity index is 1.73. The first-order chi connectivity index (χ1) is 8.25. The molecule has 2 rings (SSSR count). The number of aromatic nitrogens is 1. The van der Waals surface area contributed by atoms with E-state index in [-0.39, 0.29) is 5.91 Å². The Morgan fingerprint density at radius 1 is 1.41 bits per heavy atom. The Morgan fingerprint density at radius 3 is 2.88 bits per heavy atom. The lowest BCUT2D eigenvalue weighted by molar-refractivity contribution is -0.129. The van der Waals surface area contributed by atoms with Crippen LogP contribution in [0, 0.1) is 0 Å². The molecule has 0 saturated carbocycles. The molecule has 0 atom stereocenters. The number of nitrogens with one attached hydrogen (secondary N) is 1. The molecule has 5 nitrogen and oxygen atoms in total. The van der Waals surface area contributed by atoms with Crippen molar-refractivity contribution in [3.05, 3.63) is 18.5 Å². The molecule has 1 aliphatic rings. The van der Waals surface area contributed by atoms with Gasteiger partial charge in [0.15, 0.2) is 0 Å². The van der Waals surface area contributed by atoms with Crippen molar-refractivity contribution in [3.63, 3.8) is 0 Å². The minimum atomic E-state index is 0.229. The number of nitrogens with zero attached hydrogens (tertiary/aromatic N) is 2. The van der Waals surface area contributed by atoms with Crippen LogP contribution in [-0.2, 0) is 4.79 Å². The number of amides is 1. The van der Waals surface area contributed by atoms with Crippen molar-refractivity contribution in [2.24, 2.45) is 0 Å². The highest BCUT2D eigenvalue weighted by molar-refractivity contribution is 5.77. The number of pyridine rings is 1. The molecule has 5 heteroatoms. The molecular weight excluding hydrogens is 216 g/mol. The molecule has 1 aromatic heterocycles. The van der Waals surface area contributed by atoms with Gasteiger partial charge in [0.05, 0.1) is 17.6 Å². The number of hydrogen-bond donors (Lipinski definition) is 2. The van der Waals surface area contributed by atoms with Gasteiger partial charge in [0.1, 0.15) is 0 Å². The fourth-order valence-electron chi connectivity index (χ4n) is 1.99. The summed E-state index contributed by atoms with van der Waals surface area (Å²) >= 11 is 0. The van der Waals surface area contributed by atoms with Gasteiger partial charge >= 0.3 is 0 Å². The van der Waals surface area contributed by atoms with Crippen molar-refractivity contribution >= 4 is 17.3 Å². The second kappa shape index (κ2) is 5.52. The van der Waals surface area contributed by atoms with Crippen LogP contribution in [0.4, 0.5) is 11.4 Å². The highest BCUT2D eigenvalue weighted by Gasteiger charge is 2.16. The largest absolute Gasteiger partial charge is 0.397 e. The average Bonchev–Trinajstić information content (AvgIpc) is 2.82. The first-order valence-electron chi connectivity index (χ1n) is 5.98. The molecule has 1 aliphatic heterocycles. The summed E-state index contributed by atoms with van der Waals surface area (Å²) in [5.74, 6) is 0.229. The van der Waals surface area contributed by atoms with Gasteiger partial charge in [-0.2, -0.15) is 0 Å². The maximum absolute atomic E-state index is 11.7. The fraction of sp³-hybridized carbons (Fsp3) is 0.500. The fourth-order valence-corrected chi connectivity index (χ4v) is 1.99. The van der Waals surface area contributed by atoms with Crippen LogP contribution >= 0.6 is 0 Å². The van der Waals surface area contributed by atoms with Crippen molar-refractivity contribution in [1.82, 2.24) is 9.88 Å². The third-order valence-electron chi connectivity index (χ3n) is 2.89. The van der Waals surface area contributed by atoms with E-state index in [1.165, 1.54) is 0 Å². The average molecular weight is 234 g/mol. The third-order valence-corrected chi connectivity index (χ3v) is 2.89. The summed E-state index contributed by atoms with van der Waals surface area (Å²) in [6, 6.07) is 1.81. The molecular formula is C12H18N4O. The van der Waals surface area contributed by atoms with E-state index < -0.39 is 0 Å². The van der Waals surface area contributed by atoms with Crippen LogP contribution in [0.3, 0.4) is 0 Å². The van der Waals surface area contributed by atoms with Crippen LogP contribution in [0.25, 0.3) is 0 Å². The van der Waals surface area contributed by atoms with Gasteiger partial charge in [-0.25, -0.2) is 0 Å². The predicted octanol–water partition coefficient (Wildman–Crippen LogP) is 1.09. The van der Waals surface area contributed by atoms with E-state index in [2.05, 4.69) is 10.3 Å². The minimum Gasteiger partial charge on any atom is -0.397 e. The van der Waals surface area contributed by atoms with E-state index in [1.807, 2.05) is 11.0 Å². The molecule has 1 amide bonds. The first-order valence-corrected chi connectivity index (χ1v) is 5.98. The van der Waals surface area contributed by atoms with Crippen LogP contribution in [-0.4, -0.2) is 35.4 Å². The molecule has 0 bridgehead atoms. The van der Waals surface area contributed by atoms with Gasteiger partial charge in [0, 0.05) is 32.3 Å². The summed E-state index contributed by atoms with van der Waals surface area (Å²) in [4.78, 5) is 17.7. The highest BCUT2D eigenvalue weighted by atomic mass is 16.2. The van der Waals surface area contributed by atoms with Crippen LogP contribution in [0.5, 0.6) is 0 Å². The number of carbonyl (C=O) groups excluding carboxylic acids is 1. The number of nitrogen functional groups attached to an aromatic ring is 1. The molecule has 0 unspecified atom stereocenters. The second-order valence-electron chi connectivity index (χ2n) is 4.27. The standard InChI is InChI=1S/C12H18N4O/c13-10-7-11(9-14-8-10)15-4-3-12(17)16-5-1-2-6-16/h7-9,15H,1-6,13H2. The van der Waals surface area contributed by atoms with E-state index in [1.54, 1.807) is 12.4 Å². The maximum Gasteiger partial charge on any atom is 0.224 e. The van der Waals surface area contributed by atoms with Crippen LogP contribution in [0.1, 0.15) is 19.3 Å². The Bertz CT molecular complexity index is 388. The number of carbonyl (C=O) groups is 1. The molecule has 2 heterocycles. The summed E-state index contributed by atoms with van der Waals surface area (Å²) in [5, 5.41) is 3.15. The molecule has 92 valence electrons. The summed E-state index contributed by atoms with van der Waals surface area (Å²) in [5.41, 5.74) is 7.10. The number of nitrogens with two attached hydrogens (primary N) is 1. The maximum atomic E-state index is 11.7. The van der Waals surface area contributed by atoms with E-state index in [0.29, 0.717) is 18.7 Å². The third kappa shape index (κ3) is 3.34. The summed E-state index contributed by atoms with van der Waals surface area (Å²) in [6.45, 7) is 2.46. The Kier molecular flexibility index (Phi) is 3.80. The van der Waals surface area contributed by atoms with Gasteiger partial charge in [0.25, 0.3) is 0 Å². The van der Waals surface area contributed by atoms with Crippen molar-refractivity contribution in [3.8, 4) is 0 Å². The summed E-state index contributed by atoms with van der Waals surface area (Å²) in [6.07, 6.45) is 6.10. The minimum absolute atomic E-state index is 0.229. The number of rotatable bonds is 4. The molecule has 1 aromatic rings. The smallest absolute Gasteiger partial charge is 0.224 e. The molecule has 0 spiro atoms. The van der Waals surface area contributed by atoms with E-state index in [4.69, 9.17) is 5.73 Å². The Labute approximate surface area is 101 Å². The van der Waals surface area contributed by atoms with Gasteiger partial charge < -0.3 is 16.0 Å². The van der Waals surface area contributed by atoms with Crippen molar-refractivity contribution in [2.75, 3.05) is 30.7 Å². The van der Waals surface area contributed by atoms with Gasteiger partial charge in [-0.15, -0.1) is 0 Å². The zero-order valence-electron chi connectivity index (χ0n) is 9.85. The molecule has 1 saturated heterocycles. The van der Waals surface area contributed by atoms with Crippen molar-refractivity contribution in [2.45, 2.75) is 19.3 Å². The molecule has 0 aliphatic carbocycles. The molecule has 3 N–H and O–H groups in total. The van der Waals surface area contributed by atoms with Gasteiger partial charge in [0.2, 0.25) is 5.91 Å².